The van der Waals surface area contributed by atoms with Crippen LogP contribution >= 0.6 is 15.9 Å². The second kappa shape index (κ2) is 4.79. The van der Waals surface area contributed by atoms with E-state index in [1.807, 2.05) is 6.92 Å². The molecular weight excluding hydrogens is 236 g/mol. The third-order valence-corrected chi connectivity index (χ3v) is 2.51. The van der Waals surface area contributed by atoms with Gasteiger partial charge in [0.05, 0.1) is 6.10 Å². The molecule has 13 heavy (non-hydrogen) atoms. The van der Waals surface area contributed by atoms with Crippen LogP contribution in [-0.4, -0.2) is 21.6 Å². The first-order valence-electron chi connectivity index (χ1n) is 4.19. The quantitative estimate of drug-likeness (QED) is 0.797. The molecular formula is C9H13BrO3. The predicted octanol–water partition coefficient (Wildman–Crippen LogP) is 1.63. The number of alkyl halides is 1. The summed E-state index contributed by atoms with van der Waals surface area (Å²) in [6.07, 6.45) is -0.979. The first-order valence-corrected chi connectivity index (χ1v) is 5.31. The van der Waals surface area contributed by atoms with Gasteiger partial charge < -0.3 is 14.6 Å². The molecule has 0 aromatic carbocycles. The van der Waals surface area contributed by atoms with E-state index in [-0.39, 0.29) is 0 Å². The highest BCUT2D eigenvalue weighted by molar-refractivity contribution is 9.09. The van der Waals surface area contributed by atoms with Crippen LogP contribution in [0.15, 0.2) is 16.5 Å². The molecule has 0 aliphatic heterocycles. The minimum absolute atomic E-state index is 0.330. The van der Waals surface area contributed by atoms with Crippen molar-refractivity contribution < 1.29 is 14.6 Å². The largest absolute Gasteiger partial charge is 0.463 e. The Morgan fingerprint density at radius 1 is 1.46 bits per heavy atom. The molecule has 1 aromatic heterocycles. The number of aliphatic hydroxyl groups excluding tert-OH is 2. The maximum absolute atomic E-state index is 9.52. The van der Waals surface area contributed by atoms with E-state index in [2.05, 4.69) is 15.9 Å². The normalized spacial score (nSPS) is 15.7. The molecule has 3 nitrogen and oxygen atoms in total. The Balaban J connectivity index is 2.70. The molecule has 2 unspecified atom stereocenters. The van der Waals surface area contributed by atoms with Crippen LogP contribution < -0.4 is 0 Å². The summed E-state index contributed by atoms with van der Waals surface area (Å²) in [6, 6.07) is 3.49. The van der Waals surface area contributed by atoms with Crippen molar-refractivity contribution in [3.05, 3.63) is 23.7 Å². The first kappa shape index (κ1) is 10.8. The third-order valence-electron chi connectivity index (χ3n) is 1.84. The fourth-order valence-corrected chi connectivity index (χ4v) is 1.37. The van der Waals surface area contributed by atoms with E-state index >= 15 is 0 Å². The Morgan fingerprint density at radius 2 is 2.15 bits per heavy atom. The van der Waals surface area contributed by atoms with Gasteiger partial charge in [0.25, 0.3) is 0 Å². The molecule has 0 fully saturated rings. The average molecular weight is 249 g/mol. The highest BCUT2D eigenvalue weighted by Crippen LogP contribution is 2.20. The van der Waals surface area contributed by atoms with E-state index in [1.165, 1.54) is 0 Å². The number of hydrogen-bond donors (Lipinski definition) is 2. The molecule has 1 aromatic rings. The van der Waals surface area contributed by atoms with E-state index < -0.39 is 12.2 Å². The van der Waals surface area contributed by atoms with E-state index in [4.69, 9.17) is 4.42 Å². The minimum atomic E-state index is -0.945. The van der Waals surface area contributed by atoms with Crippen LogP contribution in [0.1, 0.15) is 24.5 Å². The maximum Gasteiger partial charge on any atom is 0.138 e. The summed E-state index contributed by atoms with van der Waals surface area (Å²) in [5.74, 6) is 1.24. The zero-order valence-electron chi connectivity index (χ0n) is 7.40. The SMILES string of the molecule is CCc1ccc(C(O)C(O)CBr)o1. The zero-order valence-corrected chi connectivity index (χ0v) is 8.99. The number of rotatable bonds is 4. The van der Waals surface area contributed by atoms with E-state index in [0.29, 0.717) is 11.1 Å². The van der Waals surface area contributed by atoms with Gasteiger partial charge in [-0.2, -0.15) is 0 Å². The van der Waals surface area contributed by atoms with E-state index in [9.17, 15) is 10.2 Å². The molecule has 0 saturated carbocycles. The van der Waals surface area contributed by atoms with Crippen molar-refractivity contribution in [1.82, 2.24) is 0 Å². The molecule has 2 N–H and O–H groups in total. The standard InChI is InChI=1S/C9H13BrO3/c1-2-6-3-4-8(13-6)9(12)7(11)5-10/h3-4,7,9,11-12H,2,5H2,1H3. The van der Waals surface area contributed by atoms with Crippen LogP contribution in [-0.2, 0) is 6.42 Å². The lowest BCUT2D eigenvalue weighted by molar-refractivity contribution is 0.0198. The molecule has 0 aliphatic rings. The summed E-state index contributed by atoms with van der Waals surface area (Å²) in [4.78, 5) is 0. The fraction of sp³-hybridized carbons (Fsp3) is 0.556. The lowest BCUT2D eigenvalue weighted by Crippen LogP contribution is -2.18. The highest BCUT2D eigenvalue weighted by Gasteiger charge is 2.20. The smallest absolute Gasteiger partial charge is 0.138 e. The van der Waals surface area contributed by atoms with Gasteiger partial charge in [0.2, 0.25) is 0 Å². The van der Waals surface area contributed by atoms with Crippen molar-refractivity contribution in [2.24, 2.45) is 0 Å². The van der Waals surface area contributed by atoms with Crippen LogP contribution in [0.3, 0.4) is 0 Å². The maximum atomic E-state index is 9.52. The lowest BCUT2D eigenvalue weighted by Gasteiger charge is -2.12. The molecule has 4 heteroatoms. The third kappa shape index (κ3) is 2.56. The van der Waals surface area contributed by atoms with Crippen LogP contribution in [0.25, 0.3) is 0 Å². The summed E-state index contributed by atoms with van der Waals surface area (Å²) in [7, 11) is 0. The monoisotopic (exact) mass is 248 g/mol. The molecule has 0 spiro atoms. The Bertz CT molecular complexity index is 259. The molecule has 0 bridgehead atoms. The van der Waals surface area contributed by atoms with Gasteiger partial charge in [0.1, 0.15) is 17.6 Å². The summed E-state index contributed by atoms with van der Waals surface area (Å²) in [6.45, 7) is 1.97. The molecule has 0 aliphatic carbocycles. The van der Waals surface area contributed by atoms with Crippen molar-refractivity contribution in [3.63, 3.8) is 0 Å². The Kier molecular flexibility index (Phi) is 3.96. The molecule has 0 amide bonds. The number of aryl methyl sites for hydroxylation is 1. The second-order valence-corrected chi connectivity index (χ2v) is 3.47. The van der Waals surface area contributed by atoms with Gasteiger partial charge in [-0.05, 0) is 12.1 Å². The Labute approximate surface area is 85.5 Å². The second-order valence-electron chi connectivity index (χ2n) is 2.82. The van der Waals surface area contributed by atoms with Gasteiger partial charge in [0, 0.05) is 11.8 Å². The van der Waals surface area contributed by atoms with Gasteiger partial charge in [-0.15, -0.1) is 0 Å². The molecule has 0 saturated heterocycles. The summed E-state index contributed by atoms with van der Waals surface area (Å²) in [5, 5.41) is 19.2. The van der Waals surface area contributed by atoms with Crippen molar-refractivity contribution in [1.29, 1.82) is 0 Å². The summed E-state index contributed by atoms with van der Waals surface area (Å²) >= 11 is 3.08. The van der Waals surface area contributed by atoms with Crippen molar-refractivity contribution in [2.75, 3.05) is 5.33 Å². The van der Waals surface area contributed by atoms with Crippen molar-refractivity contribution >= 4 is 15.9 Å². The summed E-state index contributed by atoms with van der Waals surface area (Å²) in [5.41, 5.74) is 0. The van der Waals surface area contributed by atoms with Gasteiger partial charge in [-0.1, -0.05) is 22.9 Å². The van der Waals surface area contributed by atoms with Gasteiger partial charge in [-0.3, -0.25) is 0 Å². The van der Waals surface area contributed by atoms with Crippen LogP contribution in [0.5, 0.6) is 0 Å². The van der Waals surface area contributed by atoms with Gasteiger partial charge >= 0.3 is 0 Å². The number of hydrogen-bond acceptors (Lipinski definition) is 3. The molecule has 1 heterocycles. The Hall–Kier alpha value is -0.320. The molecule has 74 valence electrons. The first-order chi connectivity index (χ1) is 6.19. The summed E-state index contributed by atoms with van der Waals surface area (Å²) < 4.78 is 5.29. The Morgan fingerprint density at radius 3 is 2.62 bits per heavy atom. The molecule has 0 radical (unpaired) electrons. The molecule has 2 atom stereocenters. The molecule has 1 rings (SSSR count). The van der Waals surface area contributed by atoms with Crippen LogP contribution in [0, 0.1) is 0 Å². The topological polar surface area (TPSA) is 53.6 Å². The number of halogens is 1. The number of furan rings is 1. The fourth-order valence-electron chi connectivity index (χ4n) is 1.02. The predicted molar refractivity (Wildman–Crippen MR) is 52.8 cm³/mol. The highest BCUT2D eigenvalue weighted by atomic mass is 79.9. The van der Waals surface area contributed by atoms with Crippen molar-refractivity contribution in [2.45, 2.75) is 25.6 Å². The van der Waals surface area contributed by atoms with Crippen LogP contribution in [0.4, 0.5) is 0 Å². The number of aliphatic hydroxyl groups is 2. The van der Waals surface area contributed by atoms with Gasteiger partial charge in [-0.25, -0.2) is 0 Å². The lowest BCUT2D eigenvalue weighted by atomic mass is 10.2. The van der Waals surface area contributed by atoms with Gasteiger partial charge in [0.15, 0.2) is 0 Å². The van der Waals surface area contributed by atoms with E-state index in [0.717, 1.165) is 12.2 Å². The minimum Gasteiger partial charge on any atom is -0.463 e. The average Bonchev–Trinajstić information content (AvgIpc) is 2.63. The van der Waals surface area contributed by atoms with Crippen molar-refractivity contribution in [3.8, 4) is 0 Å². The zero-order chi connectivity index (χ0) is 9.84. The van der Waals surface area contributed by atoms with Crippen LogP contribution in [0.2, 0.25) is 0 Å². The van der Waals surface area contributed by atoms with E-state index in [1.54, 1.807) is 12.1 Å².